The van der Waals surface area contributed by atoms with E-state index in [0.717, 1.165) is 25.9 Å². The van der Waals surface area contributed by atoms with Gasteiger partial charge in [0.05, 0.1) is 12.2 Å². The maximum absolute atomic E-state index is 13.9. The first-order chi connectivity index (χ1) is 10.1. The van der Waals surface area contributed by atoms with Crippen molar-refractivity contribution in [2.24, 2.45) is 5.92 Å². The minimum absolute atomic E-state index is 0.0431. The van der Waals surface area contributed by atoms with Gasteiger partial charge in [0.1, 0.15) is 5.82 Å². The Labute approximate surface area is 124 Å². The number of carbonyl (C=O) groups is 1. The van der Waals surface area contributed by atoms with E-state index in [9.17, 15) is 9.18 Å². The molecular formula is C17H20FNO2. The first-order valence-corrected chi connectivity index (χ1v) is 7.30. The second-order valence-electron chi connectivity index (χ2n) is 5.44. The lowest BCUT2D eigenvalue weighted by molar-refractivity contribution is 0.0696. The van der Waals surface area contributed by atoms with Crippen molar-refractivity contribution in [3.05, 3.63) is 35.1 Å². The molecule has 1 heterocycles. The van der Waals surface area contributed by atoms with Crippen molar-refractivity contribution in [2.45, 2.75) is 26.2 Å². The Hall–Kier alpha value is -1.86. The summed E-state index contributed by atoms with van der Waals surface area (Å²) in [5, 5.41) is 8.65. The average molecular weight is 289 g/mol. The second-order valence-corrected chi connectivity index (χ2v) is 5.44. The summed E-state index contributed by atoms with van der Waals surface area (Å²) in [4.78, 5) is 14.1. The highest BCUT2D eigenvalue weighted by molar-refractivity contribution is 5.94. The molecule has 0 radical (unpaired) electrons. The van der Waals surface area contributed by atoms with Crippen LogP contribution in [0.25, 0.3) is 0 Å². The molecule has 112 valence electrons. The third-order valence-electron chi connectivity index (χ3n) is 3.75. The van der Waals surface area contributed by atoms with Crippen LogP contribution in [0.5, 0.6) is 0 Å². The minimum atomic E-state index is -0.489. The van der Waals surface area contributed by atoms with E-state index in [0.29, 0.717) is 17.9 Å². The topological polar surface area (TPSA) is 40.5 Å². The molecule has 21 heavy (non-hydrogen) atoms. The van der Waals surface area contributed by atoms with Gasteiger partial charge in [-0.05, 0) is 37.0 Å². The number of halogens is 1. The van der Waals surface area contributed by atoms with Gasteiger partial charge in [0.15, 0.2) is 0 Å². The van der Waals surface area contributed by atoms with E-state index in [1.54, 1.807) is 11.0 Å². The van der Waals surface area contributed by atoms with Gasteiger partial charge in [-0.15, -0.1) is 0 Å². The Morgan fingerprint density at radius 3 is 2.76 bits per heavy atom. The number of piperidine rings is 1. The monoisotopic (exact) mass is 289 g/mol. The van der Waals surface area contributed by atoms with Crippen molar-refractivity contribution in [2.75, 3.05) is 19.7 Å². The van der Waals surface area contributed by atoms with Crippen molar-refractivity contribution < 1.29 is 14.3 Å². The van der Waals surface area contributed by atoms with Crippen LogP contribution in [0.1, 0.15) is 42.1 Å². The average Bonchev–Trinajstić information content (AvgIpc) is 2.49. The molecule has 3 nitrogen and oxygen atoms in total. The van der Waals surface area contributed by atoms with E-state index in [2.05, 4.69) is 18.8 Å². The molecule has 0 bridgehead atoms. The van der Waals surface area contributed by atoms with Gasteiger partial charge in [0, 0.05) is 25.1 Å². The van der Waals surface area contributed by atoms with Crippen LogP contribution in [-0.2, 0) is 0 Å². The lowest BCUT2D eigenvalue weighted by Gasteiger charge is -2.30. The van der Waals surface area contributed by atoms with Crippen molar-refractivity contribution >= 4 is 5.91 Å². The van der Waals surface area contributed by atoms with E-state index < -0.39 is 5.82 Å². The summed E-state index contributed by atoms with van der Waals surface area (Å²) in [5.74, 6) is 5.37. The summed E-state index contributed by atoms with van der Waals surface area (Å²) in [6.07, 6.45) is 2.31. The Morgan fingerprint density at radius 2 is 2.14 bits per heavy atom. The Kier molecular flexibility index (Phi) is 5.35. The van der Waals surface area contributed by atoms with Crippen molar-refractivity contribution in [1.82, 2.24) is 4.90 Å². The number of benzene rings is 1. The molecule has 0 atom stereocenters. The van der Waals surface area contributed by atoms with Crippen LogP contribution in [0.2, 0.25) is 0 Å². The van der Waals surface area contributed by atoms with Crippen LogP contribution in [0.15, 0.2) is 18.2 Å². The molecular weight excluding hydrogens is 269 g/mol. The number of nitrogens with zero attached hydrogens (tertiary/aromatic N) is 1. The summed E-state index contributed by atoms with van der Waals surface area (Å²) in [6, 6.07) is 4.40. The molecule has 0 aromatic heterocycles. The van der Waals surface area contributed by atoms with Gasteiger partial charge in [0.2, 0.25) is 0 Å². The first kappa shape index (κ1) is 15.5. The molecule has 1 amide bonds. The zero-order chi connectivity index (χ0) is 15.2. The number of hydrogen-bond acceptors (Lipinski definition) is 2. The smallest absolute Gasteiger partial charge is 0.253 e. The molecule has 0 spiro atoms. The highest BCUT2D eigenvalue weighted by Crippen LogP contribution is 2.19. The number of hydrogen-bond donors (Lipinski definition) is 1. The number of carbonyl (C=O) groups excluding carboxylic acids is 1. The molecule has 0 aliphatic carbocycles. The van der Waals surface area contributed by atoms with Gasteiger partial charge >= 0.3 is 0 Å². The minimum Gasteiger partial charge on any atom is -0.395 e. The fraction of sp³-hybridized carbons (Fsp3) is 0.471. The van der Waals surface area contributed by atoms with Crippen LogP contribution in [-0.4, -0.2) is 35.6 Å². The van der Waals surface area contributed by atoms with Gasteiger partial charge in [-0.25, -0.2) is 4.39 Å². The molecule has 1 aromatic rings. The highest BCUT2D eigenvalue weighted by Gasteiger charge is 2.21. The van der Waals surface area contributed by atoms with Crippen LogP contribution in [0, 0.1) is 23.6 Å². The SMILES string of the molecule is CC1CCN(C(=O)c2ccc(C#CCCO)c(F)c2)CC1. The predicted octanol–water partition coefficient (Wildman–Crippen LogP) is 2.43. The van der Waals surface area contributed by atoms with Gasteiger partial charge in [-0.3, -0.25) is 4.79 Å². The molecule has 1 saturated heterocycles. The fourth-order valence-corrected chi connectivity index (χ4v) is 2.36. The van der Waals surface area contributed by atoms with Crippen LogP contribution < -0.4 is 0 Å². The molecule has 0 saturated carbocycles. The summed E-state index contributed by atoms with van der Waals surface area (Å²) in [5.41, 5.74) is 0.627. The van der Waals surface area contributed by atoms with Gasteiger partial charge in [-0.1, -0.05) is 18.8 Å². The molecule has 1 aromatic carbocycles. The summed E-state index contributed by atoms with van der Waals surface area (Å²) in [7, 11) is 0. The molecule has 1 aliphatic rings. The third-order valence-corrected chi connectivity index (χ3v) is 3.75. The molecule has 0 unspecified atom stereocenters. The molecule has 1 aliphatic heterocycles. The van der Waals surface area contributed by atoms with Gasteiger partial charge in [-0.2, -0.15) is 0 Å². The van der Waals surface area contributed by atoms with Gasteiger partial charge < -0.3 is 10.0 Å². The number of likely N-dealkylation sites (tertiary alicyclic amines) is 1. The number of aliphatic hydroxyl groups excluding tert-OH is 1. The lowest BCUT2D eigenvalue weighted by Crippen LogP contribution is -2.37. The maximum Gasteiger partial charge on any atom is 0.253 e. The summed E-state index contributed by atoms with van der Waals surface area (Å²) in [6.45, 7) is 3.61. The molecule has 1 N–H and O–H groups in total. The van der Waals surface area contributed by atoms with E-state index in [-0.39, 0.29) is 18.1 Å². The molecule has 1 fully saturated rings. The third kappa shape index (κ3) is 4.05. The molecule has 2 rings (SSSR count). The largest absolute Gasteiger partial charge is 0.395 e. The quantitative estimate of drug-likeness (QED) is 0.850. The zero-order valence-electron chi connectivity index (χ0n) is 12.2. The number of rotatable bonds is 2. The van der Waals surface area contributed by atoms with Crippen LogP contribution >= 0.6 is 0 Å². The normalized spacial score (nSPS) is 15.5. The van der Waals surface area contributed by atoms with Crippen molar-refractivity contribution in [3.63, 3.8) is 0 Å². The first-order valence-electron chi connectivity index (χ1n) is 7.30. The van der Waals surface area contributed by atoms with Crippen molar-refractivity contribution in [1.29, 1.82) is 0 Å². The van der Waals surface area contributed by atoms with E-state index in [4.69, 9.17) is 5.11 Å². The molecule has 4 heteroatoms. The number of aliphatic hydroxyl groups is 1. The van der Waals surface area contributed by atoms with E-state index >= 15 is 0 Å². The van der Waals surface area contributed by atoms with Crippen LogP contribution in [0.3, 0.4) is 0 Å². The van der Waals surface area contributed by atoms with E-state index in [1.807, 2.05) is 0 Å². The lowest BCUT2D eigenvalue weighted by atomic mass is 9.98. The maximum atomic E-state index is 13.9. The Morgan fingerprint density at radius 1 is 1.43 bits per heavy atom. The summed E-state index contributed by atoms with van der Waals surface area (Å²) >= 11 is 0. The second kappa shape index (κ2) is 7.24. The highest BCUT2D eigenvalue weighted by atomic mass is 19.1. The standard InChI is InChI=1S/C17H20FNO2/c1-13-7-9-19(10-8-13)17(21)15-6-5-14(16(18)12-15)4-2-3-11-20/h5-6,12-13,20H,3,7-11H2,1H3. The Balaban J connectivity index is 2.09. The Bertz CT molecular complexity index is 566. The number of amides is 1. The van der Waals surface area contributed by atoms with Gasteiger partial charge in [0.25, 0.3) is 5.91 Å². The van der Waals surface area contributed by atoms with Crippen LogP contribution in [0.4, 0.5) is 4.39 Å². The fourth-order valence-electron chi connectivity index (χ4n) is 2.36. The zero-order valence-corrected chi connectivity index (χ0v) is 12.2. The summed E-state index contributed by atoms with van der Waals surface area (Å²) < 4.78 is 13.9. The predicted molar refractivity (Wildman–Crippen MR) is 79.3 cm³/mol. The van der Waals surface area contributed by atoms with E-state index in [1.165, 1.54) is 12.1 Å². The van der Waals surface area contributed by atoms with Crippen molar-refractivity contribution in [3.8, 4) is 11.8 Å².